The fourth-order valence-electron chi connectivity index (χ4n) is 2.61. The van der Waals surface area contributed by atoms with Gasteiger partial charge in [-0.1, -0.05) is 36.4 Å². The van der Waals surface area contributed by atoms with E-state index in [0.717, 1.165) is 10.1 Å². The summed E-state index contributed by atoms with van der Waals surface area (Å²) in [5.74, 6) is -0.808. The lowest BCUT2D eigenvalue weighted by atomic mass is 10.1. The number of nitrogens with one attached hydrogen (secondary N) is 2. The molecule has 0 aliphatic rings. The molecule has 0 aliphatic carbocycles. The maximum atomic E-state index is 12.4. The SMILES string of the molecule is Cc1nn(CC(=O)NCC(=O)Nc2ccccc2)c(=O)c2ccccc12. The second-order valence-electron chi connectivity index (χ2n) is 5.78. The predicted molar refractivity (Wildman–Crippen MR) is 98.8 cm³/mol. The number of hydrogen-bond acceptors (Lipinski definition) is 4. The van der Waals surface area contributed by atoms with Gasteiger partial charge in [-0.3, -0.25) is 14.4 Å². The second kappa shape index (κ2) is 7.60. The minimum Gasteiger partial charge on any atom is -0.345 e. The van der Waals surface area contributed by atoms with Crippen molar-refractivity contribution in [3.63, 3.8) is 0 Å². The van der Waals surface area contributed by atoms with Gasteiger partial charge in [-0.2, -0.15) is 5.10 Å². The van der Waals surface area contributed by atoms with Crippen LogP contribution in [0.4, 0.5) is 5.69 Å². The van der Waals surface area contributed by atoms with Gasteiger partial charge in [0.25, 0.3) is 5.56 Å². The molecule has 0 fully saturated rings. The lowest BCUT2D eigenvalue weighted by molar-refractivity contribution is -0.124. The first-order chi connectivity index (χ1) is 12.5. The molecule has 0 radical (unpaired) electrons. The normalized spacial score (nSPS) is 10.5. The smallest absolute Gasteiger partial charge is 0.275 e. The number of anilines is 1. The molecule has 3 rings (SSSR count). The van der Waals surface area contributed by atoms with E-state index in [0.29, 0.717) is 16.8 Å². The molecule has 0 unspecified atom stereocenters. The highest BCUT2D eigenvalue weighted by Gasteiger charge is 2.11. The van der Waals surface area contributed by atoms with E-state index in [1.807, 2.05) is 18.2 Å². The highest BCUT2D eigenvalue weighted by Crippen LogP contribution is 2.11. The summed E-state index contributed by atoms with van der Waals surface area (Å²) < 4.78 is 1.11. The fourth-order valence-corrected chi connectivity index (χ4v) is 2.61. The molecule has 0 saturated carbocycles. The van der Waals surface area contributed by atoms with Gasteiger partial charge in [0, 0.05) is 11.1 Å². The van der Waals surface area contributed by atoms with Crippen molar-refractivity contribution in [2.45, 2.75) is 13.5 Å². The summed E-state index contributed by atoms with van der Waals surface area (Å²) in [5.41, 5.74) is 0.972. The second-order valence-corrected chi connectivity index (χ2v) is 5.78. The molecule has 1 aromatic heterocycles. The maximum absolute atomic E-state index is 12.4. The van der Waals surface area contributed by atoms with Crippen molar-refractivity contribution in [1.29, 1.82) is 0 Å². The molecule has 26 heavy (non-hydrogen) atoms. The van der Waals surface area contributed by atoms with Crippen molar-refractivity contribution in [1.82, 2.24) is 15.1 Å². The van der Waals surface area contributed by atoms with Crippen LogP contribution in [-0.2, 0) is 16.1 Å². The van der Waals surface area contributed by atoms with Gasteiger partial charge in [0.15, 0.2) is 0 Å². The number of fused-ring (bicyclic) bond motifs is 1. The molecular weight excluding hydrogens is 332 g/mol. The first kappa shape index (κ1) is 17.3. The topological polar surface area (TPSA) is 93.1 Å². The van der Waals surface area contributed by atoms with Gasteiger partial charge in [-0.25, -0.2) is 4.68 Å². The van der Waals surface area contributed by atoms with Crippen LogP contribution in [0.25, 0.3) is 10.8 Å². The minimum absolute atomic E-state index is 0.185. The number of rotatable bonds is 5. The van der Waals surface area contributed by atoms with Gasteiger partial charge in [0.2, 0.25) is 11.8 Å². The molecule has 2 N–H and O–H groups in total. The summed E-state index contributed by atoms with van der Waals surface area (Å²) in [6.07, 6.45) is 0. The van der Waals surface area contributed by atoms with Crippen molar-refractivity contribution in [3.8, 4) is 0 Å². The Bertz CT molecular complexity index is 1010. The van der Waals surface area contributed by atoms with Gasteiger partial charge in [-0.15, -0.1) is 0 Å². The lowest BCUT2D eigenvalue weighted by Crippen LogP contribution is -2.38. The molecule has 7 nitrogen and oxygen atoms in total. The Labute approximate surface area is 149 Å². The van der Waals surface area contributed by atoms with E-state index in [1.54, 1.807) is 43.3 Å². The Morgan fingerprint density at radius 3 is 2.35 bits per heavy atom. The standard InChI is InChI=1S/C19H18N4O3/c1-13-15-9-5-6-10-16(15)19(26)23(22-13)12-18(25)20-11-17(24)21-14-7-3-2-4-8-14/h2-10H,11-12H2,1H3,(H,20,25)(H,21,24). The molecule has 2 aromatic carbocycles. The highest BCUT2D eigenvalue weighted by atomic mass is 16.2. The number of hydrogen-bond donors (Lipinski definition) is 2. The molecule has 0 bridgehead atoms. The molecule has 0 atom stereocenters. The maximum Gasteiger partial charge on any atom is 0.275 e. The molecule has 1 heterocycles. The minimum atomic E-state index is -0.461. The molecule has 3 aromatic rings. The number of carbonyl (C=O) groups excluding carboxylic acids is 2. The van der Waals surface area contributed by atoms with Gasteiger partial charge in [0.05, 0.1) is 17.6 Å². The Balaban J connectivity index is 1.63. The number of para-hydroxylation sites is 1. The van der Waals surface area contributed by atoms with Crippen LogP contribution < -0.4 is 16.2 Å². The fraction of sp³-hybridized carbons (Fsp3) is 0.158. The van der Waals surface area contributed by atoms with Crippen LogP contribution in [0.2, 0.25) is 0 Å². The average molecular weight is 350 g/mol. The predicted octanol–water partition coefficient (Wildman–Crippen LogP) is 1.46. The third kappa shape index (κ3) is 3.94. The van der Waals surface area contributed by atoms with E-state index >= 15 is 0 Å². The Morgan fingerprint density at radius 2 is 1.62 bits per heavy atom. The number of amides is 2. The molecule has 2 amide bonds. The van der Waals surface area contributed by atoms with E-state index in [-0.39, 0.29) is 24.6 Å². The van der Waals surface area contributed by atoms with Crippen LogP contribution in [0.1, 0.15) is 5.69 Å². The van der Waals surface area contributed by atoms with Gasteiger partial charge >= 0.3 is 0 Å². The number of carbonyl (C=O) groups is 2. The number of aromatic nitrogens is 2. The number of aryl methyl sites for hydroxylation is 1. The molecule has 0 saturated heterocycles. The first-order valence-corrected chi connectivity index (χ1v) is 8.12. The van der Waals surface area contributed by atoms with E-state index in [2.05, 4.69) is 15.7 Å². The zero-order valence-electron chi connectivity index (χ0n) is 14.2. The van der Waals surface area contributed by atoms with Crippen molar-refractivity contribution in [3.05, 3.63) is 70.6 Å². The average Bonchev–Trinajstić information content (AvgIpc) is 2.65. The summed E-state index contributed by atoms with van der Waals surface area (Å²) in [7, 11) is 0. The zero-order chi connectivity index (χ0) is 18.5. The first-order valence-electron chi connectivity index (χ1n) is 8.12. The molecular formula is C19H18N4O3. The van der Waals surface area contributed by atoms with Crippen LogP contribution in [0.5, 0.6) is 0 Å². The lowest BCUT2D eigenvalue weighted by Gasteiger charge is -2.09. The largest absolute Gasteiger partial charge is 0.345 e. The number of benzene rings is 2. The summed E-state index contributed by atoms with van der Waals surface area (Å²) in [6, 6.07) is 16.1. The third-order valence-electron chi connectivity index (χ3n) is 3.85. The molecule has 0 spiro atoms. The van der Waals surface area contributed by atoms with Crippen molar-refractivity contribution in [2.75, 3.05) is 11.9 Å². The number of nitrogens with zero attached hydrogens (tertiary/aromatic N) is 2. The summed E-state index contributed by atoms with van der Waals surface area (Å²) in [6.45, 7) is 1.35. The van der Waals surface area contributed by atoms with Gasteiger partial charge < -0.3 is 10.6 Å². The van der Waals surface area contributed by atoms with Crippen molar-refractivity contribution in [2.24, 2.45) is 0 Å². The highest BCUT2D eigenvalue weighted by molar-refractivity contribution is 5.94. The van der Waals surface area contributed by atoms with E-state index < -0.39 is 5.91 Å². The van der Waals surface area contributed by atoms with Crippen molar-refractivity contribution < 1.29 is 9.59 Å². The van der Waals surface area contributed by atoms with Crippen LogP contribution in [0, 0.1) is 6.92 Å². The Hall–Kier alpha value is -3.48. The summed E-state index contributed by atoms with van der Waals surface area (Å²) in [5, 5.41) is 10.6. The Morgan fingerprint density at radius 1 is 0.962 bits per heavy atom. The van der Waals surface area contributed by atoms with Crippen LogP contribution >= 0.6 is 0 Å². The monoisotopic (exact) mass is 350 g/mol. The third-order valence-corrected chi connectivity index (χ3v) is 3.85. The molecule has 7 heteroatoms. The quantitative estimate of drug-likeness (QED) is 0.728. The molecule has 0 aliphatic heterocycles. The van der Waals surface area contributed by atoms with Crippen LogP contribution in [0.15, 0.2) is 59.4 Å². The molecule has 132 valence electrons. The summed E-state index contributed by atoms with van der Waals surface area (Å²) in [4.78, 5) is 36.4. The summed E-state index contributed by atoms with van der Waals surface area (Å²) >= 11 is 0. The van der Waals surface area contributed by atoms with Gasteiger partial charge in [0.1, 0.15) is 6.54 Å². The zero-order valence-corrected chi connectivity index (χ0v) is 14.2. The van der Waals surface area contributed by atoms with Crippen molar-refractivity contribution >= 4 is 28.3 Å². The van der Waals surface area contributed by atoms with E-state index in [9.17, 15) is 14.4 Å². The van der Waals surface area contributed by atoms with Crippen LogP contribution in [0.3, 0.4) is 0 Å². The van der Waals surface area contributed by atoms with Crippen LogP contribution in [-0.4, -0.2) is 28.1 Å². The van der Waals surface area contributed by atoms with E-state index in [1.165, 1.54) is 0 Å². The van der Waals surface area contributed by atoms with Gasteiger partial charge in [-0.05, 0) is 25.1 Å². The van der Waals surface area contributed by atoms with E-state index in [4.69, 9.17) is 0 Å². The Kier molecular flexibility index (Phi) is 5.07.